The molecule has 0 aliphatic carbocycles. The van der Waals surface area contributed by atoms with Crippen LogP contribution in [0.2, 0.25) is 5.02 Å². The highest BCUT2D eigenvalue weighted by Crippen LogP contribution is 2.24. The Morgan fingerprint density at radius 2 is 1.60 bits per heavy atom. The molecule has 0 saturated carbocycles. The summed E-state index contributed by atoms with van der Waals surface area (Å²) in [5.41, 5.74) is 3.28. The van der Waals surface area contributed by atoms with Crippen LogP contribution in [0, 0.1) is 6.92 Å². The number of carbonyl (C=O) groups excluding carboxylic acids is 3. The van der Waals surface area contributed by atoms with Gasteiger partial charge >= 0.3 is 0 Å². The Morgan fingerprint density at radius 1 is 0.857 bits per heavy atom. The van der Waals surface area contributed by atoms with Crippen LogP contribution in [0.1, 0.15) is 28.4 Å². The van der Waals surface area contributed by atoms with Gasteiger partial charge in [-0.25, -0.2) is 0 Å². The average Bonchev–Trinajstić information content (AvgIpc) is 2.99. The van der Waals surface area contributed by atoms with Gasteiger partial charge in [-0.3, -0.25) is 14.4 Å². The van der Waals surface area contributed by atoms with Gasteiger partial charge < -0.3 is 20.7 Å². The van der Waals surface area contributed by atoms with Gasteiger partial charge in [-0.2, -0.15) is 0 Å². The number of anilines is 2. The fourth-order valence-electron chi connectivity index (χ4n) is 3.81. The van der Waals surface area contributed by atoms with Crippen LogP contribution in [0.25, 0.3) is 6.08 Å². The number of benzene rings is 4. The summed E-state index contributed by atoms with van der Waals surface area (Å²) in [6, 6.07) is 28.4. The minimum atomic E-state index is -0.496. The van der Waals surface area contributed by atoms with E-state index >= 15 is 0 Å². The molecule has 3 N–H and O–H groups in total. The zero-order valence-electron chi connectivity index (χ0n) is 23.1. The molecular weight excluding hydrogens is 570 g/mol. The Kier molecular flexibility index (Phi) is 10.8. The van der Waals surface area contributed by atoms with E-state index in [1.165, 1.54) is 11.8 Å². The monoisotopic (exact) mass is 599 g/mol. The van der Waals surface area contributed by atoms with Crippen LogP contribution >= 0.6 is 23.4 Å². The predicted molar refractivity (Wildman–Crippen MR) is 170 cm³/mol. The largest absolute Gasteiger partial charge is 0.494 e. The van der Waals surface area contributed by atoms with Gasteiger partial charge in [0.25, 0.3) is 11.8 Å². The molecule has 0 spiro atoms. The molecular formula is C33H30ClN3O4S. The van der Waals surface area contributed by atoms with E-state index in [0.29, 0.717) is 39.9 Å². The molecule has 4 aromatic carbocycles. The van der Waals surface area contributed by atoms with Gasteiger partial charge in [0.1, 0.15) is 11.4 Å². The second-order valence-corrected chi connectivity index (χ2v) is 10.6. The fourth-order valence-corrected chi connectivity index (χ4v) is 4.75. The first-order valence-corrected chi connectivity index (χ1v) is 14.6. The Morgan fingerprint density at radius 3 is 2.31 bits per heavy atom. The van der Waals surface area contributed by atoms with Gasteiger partial charge in [-0.1, -0.05) is 54.1 Å². The normalized spacial score (nSPS) is 11.0. The van der Waals surface area contributed by atoms with Crippen molar-refractivity contribution in [1.82, 2.24) is 5.32 Å². The van der Waals surface area contributed by atoms with Crippen LogP contribution in [0.4, 0.5) is 11.4 Å². The third-order valence-electron chi connectivity index (χ3n) is 5.95. The summed E-state index contributed by atoms with van der Waals surface area (Å²) in [6.45, 7) is 4.34. The van der Waals surface area contributed by atoms with Crippen molar-refractivity contribution in [2.45, 2.75) is 18.7 Å². The number of halogens is 1. The molecule has 0 bridgehead atoms. The van der Waals surface area contributed by atoms with Crippen molar-refractivity contribution in [3.63, 3.8) is 0 Å². The highest BCUT2D eigenvalue weighted by atomic mass is 35.5. The highest BCUT2D eigenvalue weighted by molar-refractivity contribution is 8.00. The lowest BCUT2D eigenvalue weighted by atomic mass is 10.1. The van der Waals surface area contributed by atoms with Gasteiger partial charge in [0.2, 0.25) is 5.91 Å². The lowest BCUT2D eigenvalue weighted by Gasteiger charge is -2.12. The molecule has 4 aromatic rings. The minimum Gasteiger partial charge on any atom is -0.494 e. The minimum absolute atomic E-state index is 0.0715. The highest BCUT2D eigenvalue weighted by Gasteiger charge is 2.16. The number of aryl methyl sites for hydroxylation is 1. The van der Waals surface area contributed by atoms with Crippen LogP contribution in [0.5, 0.6) is 5.75 Å². The number of nitrogens with one attached hydrogen (secondary N) is 3. The molecule has 4 rings (SSSR count). The molecule has 214 valence electrons. The SMILES string of the molecule is CCOc1ccc(/C=C(/NC(=O)c2ccccc2)C(=O)Nc2cccc(SCC(=O)Nc3ccc(C)c(Cl)c3)c2)cc1. The lowest BCUT2D eigenvalue weighted by Crippen LogP contribution is -2.30. The van der Waals surface area contributed by atoms with E-state index in [0.717, 1.165) is 10.5 Å². The molecule has 7 nitrogen and oxygen atoms in total. The maximum absolute atomic E-state index is 13.4. The maximum Gasteiger partial charge on any atom is 0.272 e. The first-order chi connectivity index (χ1) is 20.3. The third kappa shape index (κ3) is 8.99. The van der Waals surface area contributed by atoms with Gasteiger partial charge in [0.05, 0.1) is 12.4 Å². The maximum atomic E-state index is 13.4. The summed E-state index contributed by atoms with van der Waals surface area (Å²) in [6.07, 6.45) is 1.60. The molecule has 0 saturated heterocycles. The number of carbonyl (C=O) groups is 3. The zero-order chi connectivity index (χ0) is 29.9. The van der Waals surface area contributed by atoms with Crippen molar-refractivity contribution in [2.24, 2.45) is 0 Å². The smallest absolute Gasteiger partial charge is 0.272 e. The van der Waals surface area contributed by atoms with E-state index in [9.17, 15) is 14.4 Å². The van der Waals surface area contributed by atoms with Crippen molar-refractivity contribution >= 4 is 58.5 Å². The molecule has 0 unspecified atom stereocenters. The van der Waals surface area contributed by atoms with Crippen molar-refractivity contribution in [3.05, 3.63) is 124 Å². The molecule has 42 heavy (non-hydrogen) atoms. The summed E-state index contributed by atoms with van der Waals surface area (Å²) in [5.74, 6) is -0.213. The summed E-state index contributed by atoms with van der Waals surface area (Å²) in [4.78, 5) is 39.6. The number of hydrogen-bond donors (Lipinski definition) is 3. The van der Waals surface area contributed by atoms with Gasteiger partial charge in [-0.05, 0) is 85.6 Å². The number of ether oxygens (including phenoxy) is 1. The summed E-state index contributed by atoms with van der Waals surface area (Å²) in [5, 5.41) is 9.01. The second-order valence-electron chi connectivity index (χ2n) is 9.16. The van der Waals surface area contributed by atoms with Crippen molar-refractivity contribution in [3.8, 4) is 5.75 Å². The topological polar surface area (TPSA) is 96.5 Å². The molecule has 0 heterocycles. The number of thioether (sulfide) groups is 1. The second kappa shape index (κ2) is 14.9. The summed E-state index contributed by atoms with van der Waals surface area (Å²) >= 11 is 7.48. The molecule has 9 heteroatoms. The van der Waals surface area contributed by atoms with Crippen LogP contribution in [0.15, 0.2) is 108 Å². The van der Waals surface area contributed by atoms with Crippen molar-refractivity contribution in [1.29, 1.82) is 0 Å². The van der Waals surface area contributed by atoms with Crippen molar-refractivity contribution < 1.29 is 19.1 Å². The van der Waals surface area contributed by atoms with E-state index in [1.807, 2.05) is 32.0 Å². The van der Waals surface area contributed by atoms with Gasteiger partial charge in [-0.15, -0.1) is 11.8 Å². The Hall–Kier alpha value is -4.53. The Balaban J connectivity index is 1.45. The first-order valence-electron chi connectivity index (χ1n) is 13.2. The van der Waals surface area contributed by atoms with E-state index in [1.54, 1.807) is 84.9 Å². The van der Waals surface area contributed by atoms with E-state index in [4.69, 9.17) is 16.3 Å². The van der Waals surface area contributed by atoms with Gasteiger partial charge in [0.15, 0.2) is 0 Å². The molecule has 0 radical (unpaired) electrons. The predicted octanol–water partition coefficient (Wildman–Crippen LogP) is 7.19. The van der Waals surface area contributed by atoms with Gasteiger partial charge in [0, 0.05) is 26.9 Å². The van der Waals surface area contributed by atoms with Crippen LogP contribution in [-0.4, -0.2) is 30.1 Å². The number of rotatable bonds is 11. The first kappa shape index (κ1) is 30.4. The van der Waals surface area contributed by atoms with Crippen molar-refractivity contribution in [2.75, 3.05) is 23.0 Å². The Labute approximate surface area is 254 Å². The number of amides is 3. The van der Waals surface area contributed by atoms with E-state index in [2.05, 4.69) is 16.0 Å². The molecule has 0 aromatic heterocycles. The molecule has 0 fully saturated rings. The number of hydrogen-bond acceptors (Lipinski definition) is 5. The molecule has 0 aliphatic rings. The summed E-state index contributed by atoms with van der Waals surface area (Å²) < 4.78 is 5.50. The molecule has 0 atom stereocenters. The average molecular weight is 600 g/mol. The zero-order valence-corrected chi connectivity index (χ0v) is 24.7. The van der Waals surface area contributed by atoms with Crippen LogP contribution in [0.3, 0.4) is 0 Å². The molecule has 0 aliphatic heterocycles. The Bertz CT molecular complexity index is 1590. The molecule has 3 amide bonds. The van der Waals surface area contributed by atoms with Crippen LogP contribution < -0.4 is 20.7 Å². The third-order valence-corrected chi connectivity index (χ3v) is 7.35. The van der Waals surface area contributed by atoms with E-state index < -0.39 is 11.8 Å². The quantitative estimate of drug-likeness (QED) is 0.125. The summed E-state index contributed by atoms with van der Waals surface area (Å²) in [7, 11) is 0. The van der Waals surface area contributed by atoms with Crippen LogP contribution in [-0.2, 0) is 9.59 Å². The lowest BCUT2D eigenvalue weighted by molar-refractivity contribution is -0.114. The standard InChI is InChI=1S/C33H30ClN3O4S/c1-3-41-27-16-13-23(14-17-27)18-30(37-32(39)24-8-5-4-6-9-24)33(40)36-25-10-7-11-28(19-25)42-21-31(38)35-26-15-12-22(2)29(34)20-26/h4-20H,3,21H2,1-2H3,(H,35,38)(H,36,40)(H,37,39)/b30-18+. The van der Waals surface area contributed by atoms with E-state index in [-0.39, 0.29) is 17.4 Å². The fraction of sp³-hybridized carbons (Fsp3) is 0.121.